The van der Waals surface area contributed by atoms with Gasteiger partial charge in [0.15, 0.2) is 0 Å². The maximum Gasteiger partial charge on any atom is 0.258 e. The molecular weight excluding hydrogens is 304 g/mol. The smallest absolute Gasteiger partial charge is 0.258 e. The zero-order valence-electron chi connectivity index (χ0n) is 13.3. The highest BCUT2D eigenvalue weighted by atomic mass is 16.5. The van der Waals surface area contributed by atoms with E-state index in [0.29, 0.717) is 29.5 Å². The van der Waals surface area contributed by atoms with Gasteiger partial charge in [0.25, 0.3) is 5.56 Å². The molecule has 0 aliphatic heterocycles. The molecule has 0 fully saturated rings. The second kappa shape index (κ2) is 7.10. The Labute approximate surface area is 139 Å². The third kappa shape index (κ3) is 3.36. The van der Waals surface area contributed by atoms with E-state index in [1.54, 1.807) is 31.5 Å². The molecule has 1 aromatic heterocycles. The minimum Gasteiger partial charge on any atom is -0.494 e. The van der Waals surface area contributed by atoms with Gasteiger partial charge in [0, 0.05) is 24.1 Å². The van der Waals surface area contributed by atoms with Gasteiger partial charge in [0.1, 0.15) is 0 Å². The topological polar surface area (TPSA) is 74.7 Å². The van der Waals surface area contributed by atoms with Crippen molar-refractivity contribution < 1.29 is 9.84 Å². The summed E-state index contributed by atoms with van der Waals surface area (Å²) in [6.45, 7) is 1.07. The molecule has 5 heteroatoms. The Morgan fingerprint density at radius 2 is 1.75 bits per heavy atom. The molecule has 0 saturated carbocycles. The fraction of sp³-hybridized carbons (Fsp3) is 0.158. The summed E-state index contributed by atoms with van der Waals surface area (Å²) in [4.78, 5) is 18.7. The second-order valence-corrected chi connectivity index (χ2v) is 5.48. The van der Waals surface area contributed by atoms with E-state index < -0.39 is 0 Å². The van der Waals surface area contributed by atoms with Crippen molar-refractivity contribution >= 4 is 17.0 Å². The van der Waals surface area contributed by atoms with Crippen LogP contribution in [0, 0.1) is 0 Å². The van der Waals surface area contributed by atoms with Gasteiger partial charge in [0.2, 0.25) is 5.88 Å². The standard InChI is InChI=1S/C19H18N2O3/c1-24-12-14-8-6-13(7-9-14)10-20-11-17-15-4-2-3-5-16(15)18(22)21-19(17)23/h2-9,11H,10,12H2,1H3,(H2,21,22,23). The number of hydrogen-bond donors (Lipinski definition) is 2. The summed E-state index contributed by atoms with van der Waals surface area (Å²) in [5.74, 6) is -0.169. The minimum absolute atomic E-state index is 0.169. The Morgan fingerprint density at radius 1 is 1.08 bits per heavy atom. The molecule has 122 valence electrons. The number of H-pyrrole nitrogens is 1. The molecule has 0 atom stereocenters. The van der Waals surface area contributed by atoms with Crippen LogP contribution in [0.1, 0.15) is 16.7 Å². The van der Waals surface area contributed by atoms with Crippen molar-refractivity contribution in [1.82, 2.24) is 4.98 Å². The third-order valence-corrected chi connectivity index (χ3v) is 3.78. The van der Waals surface area contributed by atoms with E-state index >= 15 is 0 Å². The molecule has 1 heterocycles. The number of pyridine rings is 1. The number of aromatic nitrogens is 1. The molecule has 2 N–H and O–H groups in total. The average Bonchev–Trinajstić information content (AvgIpc) is 2.59. The van der Waals surface area contributed by atoms with Gasteiger partial charge < -0.3 is 9.84 Å². The lowest BCUT2D eigenvalue weighted by Gasteiger charge is -2.04. The van der Waals surface area contributed by atoms with E-state index in [0.717, 1.165) is 11.1 Å². The van der Waals surface area contributed by atoms with Gasteiger partial charge >= 0.3 is 0 Å². The summed E-state index contributed by atoms with van der Waals surface area (Å²) in [5, 5.41) is 11.2. The normalized spacial score (nSPS) is 11.4. The van der Waals surface area contributed by atoms with Crippen molar-refractivity contribution in [2.45, 2.75) is 13.2 Å². The van der Waals surface area contributed by atoms with Crippen molar-refractivity contribution in [2.75, 3.05) is 7.11 Å². The highest BCUT2D eigenvalue weighted by Crippen LogP contribution is 2.20. The molecule has 5 nitrogen and oxygen atoms in total. The highest BCUT2D eigenvalue weighted by molar-refractivity contribution is 6.01. The fourth-order valence-electron chi connectivity index (χ4n) is 2.57. The number of ether oxygens (including phenoxy) is 1. The SMILES string of the molecule is COCc1ccc(CN=Cc2c(O)[nH]c(=O)c3ccccc23)cc1. The van der Waals surface area contributed by atoms with Crippen LogP contribution in [0.4, 0.5) is 0 Å². The maximum absolute atomic E-state index is 11.9. The predicted molar refractivity (Wildman–Crippen MR) is 94.7 cm³/mol. The molecule has 0 amide bonds. The molecule has 2 aromatic carbocycles. The molecular formula is C19H18N2O3. The average molecular weight is 322 g/mol. The Morgan fingerprint density at radius 3 is 2.46 bits per heavy atom. The number of benzene rings is 2. The molecule has 0 aliphatic rings. The van der Waals surface area contributed by atoms with Crippen LogP contribution in [-0.2, 0) is 17.9 Å². The van der Waals surface area contributed by atoms with Crippen LogP contribution in [0.3, 0.4) is 0 Å². The lowest BCUT2D eigenvalue weighted by atomic mass is 10.1. The number of aromatic hydroxyl groups is 1. The first kappa shape index (κ1) is 16.0. The third-order valence-electron chi connectivity index (χ3n) is 3.78. The Balaban J connectivity index is 1.84. The Kier molecular flexibility index (Phi) is 4.72. The first-order valence-electron chi connectivity index (χ1n) is 7.59. The van der Waals surface area contributed by atoms with Crippen LogP contribution < -0.4 is 5.56 Å². The van der Waals surface area contributed by atoms with E-state index in [2.05, 4.69) is 9.98 Å². The number of rotatable bonds is 5. The molecule has 0 spiro atoms. The van der Waals surface area contributed by atoms with Crippen molar-refractivity contribution in [2.24, 2.45) is 4.99 Å². The molecule has 3 aromatic rings. The van der Waals surface area contributed by atoms with Gasteiger partial charge in [-0.1, -0.05) is 42.5 Å². The van der Waals surface area contributed by atoms with Crippen molar-refractivity contribution in [1.29, 1.82) is 0 Å². The molecule has 24 heavy (non-hydrogen) atoms. The molecule has 0 bridgehead atoms. The van der Waals surface area contributed by atoms with E-state index in [1.807, 2.05) is 30.3 Å². The summed E-state index contributed by atoms with van der Waals surface area (Å²) in [7, 11) is 1.67. The van der Waals surface area contributed by atoms with Gasteiger partial charge in [-0.05, 0) is 17.2 Å². The van der Waals surface area contributed by atoms with Gasteiger partial charge in [-0.3, -0.25) is 14.8 Å². The monoisotopic (exact) mass is 322 g/mol. The van der Waals surface area contributed by atoms with Gasteiger partial charge in [-0.2, -0.15) is 0 Å². The van der Waals surface area contributed by atoms with E-state index in [9.17, 15) is 9.90 Å². The second-order valence-electron chi connectivity index (χ2n) is 5.48. The van der Waals surface area contributed by atoms with Crippen LogP contribution in [0.5, 0.6) is 5.88 Å². The first-order chi connectivity index (χ1) is 11.7. The summed E-state index contributed by atoms with van der Waals surface area (Å²) in [6.07, 6.45) is 1.59. The van der Waals surface area contributed by atoms with Gasteiger partial charge in [0.05, 0.1) is 18.7 Å². The molecule has 0 aliphatic carbocycles. The van der Waals surface area contributed by atoms with Gasteiger partial charge in [-0.25, -0.2) is 0 Å². The number of aromatic amines is 1. The number of nitrogens with zero attached hydrogens (tertiary/aromatic N) is 1. The molecule has 0 unspecified atom stereocenters. The largest absolute Gasteiger partial charge is 0.494 e. The van der Waals surface area contributed by atoms with Crippen LogP contribution in [0.25, 0.3) is 10.8 Å². The first-order valence-corrected chi connectivity index (χ1v) is 7.59. The van der Waals surface area contributed by atoms with Crippen LogP contribution in [0.2, 0.25) is 0 Å². The minimum atomic E-state index is -0.311. The van der Waals surface area contributed by atoms with E-state index in [-0.39, 0.29) is 11.4 Å². The number of aliphatic imine (C=N–C) groups is 1. The molecule has 0 saturated heterocycles. The highest BCUT2D eigenvalue weighted by Gasteiger charge is 2.08. The predicted octanol–water partition coefficient (Wildman–Crippen LogP) is 3.00. The zero-order chi connectivity index (χ0) is 16.9. The lowest BCUT2D eigenvalue weighted by molar-refractivity contribution is 0.185. The summed E-state index contributed by atoms with van der Waals surface area (Å²) < 4.78 is 5.08. The van der Waals surface area contributed by atoms with Crippen molar-refractivity contribution in [3.8, 4) is 5.88 Å². The van der Waals surface area contributed by atoms with Gasteiger partial charge in [-0.15, -0.1) is 0 Å². The van der Waals surface area contributed by atoms with Crippen LogP contribution in [-0.4, -0.2) is 23.4 Å². The number of methoxy groups -OCH3 is 1. The Bertz CT molecular complexity index is 927. The summed E-state index contributed by atoms with van der Waals surface area (Å²) in [6, 6.07) is 15.1. The van der Waals surface area contributed by atoms with Crippen LogP contribution >= 0.6 is 0 Å². The van der Waals surface area contributed by atoms with Crippen LogP contribution in [0.15, 0.2) is 58.3 Å². The summed E-state index contributed by atoms with van der Waals surface area (Å²) >= 11 is 0. The number of hydrogen-bond acceptors (Lipinski definition) is 4. The zero-order valence-corrected chi connectivity index (χ0v) is 13.3. The quantitative estimate of drug-likeness (QED) is 0.709. The Hall–Kier alpha value is -2.92. The van der Waals surface area contributed by atoms with Crippen molar-refractivity contribution in [3.05, 3.63) is 75.6 Å². The lowest BCUT2D eigenvalue weighted by Crippen LogP contribution is -2.07. The number of fused-ring (bicyclic) bond motifs is 1. The molecule has 0 radical (unpaired) electrons. The van der Waals surface area contributed by atoms with E-state index in [1.165, 1.54) is 0 Å². The number of nitrogens with one attached hydrogen (secondary N) is 1. The maximum atomic E-state index is 11.9. The fourth-order valence-corrected chi connectivity index (χ4v) is 2.57. The molecule has 3 rings (SSSR count). The van der Waals surface area contributed by atoms with Crippen molar-refractivity contribution in [3.63, 3.8) is 0 Å². The summed E-state index contributed by atoms with van der Waals surface area (Å²) in [5.41, 5.74) is 2.36. The van der Waals surface area contributed by atoms with E-state index in [4.69, 9.17) is 4.74 Å².